The van der Waals surface area contributed by atoms with Crippen LogP contribution in [0.4, 0.5) is 0 Å². The Morgan fingerprint density at radius 2 is 1.89 bits per heavy atom. The highest BCUT2D eigenvalue weighted by atomic mass is 16.7. The number of carbonyl (C=O) groups excluding carboxylic acids is 4. The van der Waals surface area contributed by atoms with Crippen molar-refractivity contribution in [1.29, 1.82) is 0 Å². The molecule has 0 aromatic carbocycles. The van der Waals surface area contributed by atoms with E-state index in [4.69, 9.17) is 23.7 Å². The minimum Gasteiger partial charge on any atom is -0.466 e. The Labute approximate surface area is 210 Å². The summed E-state index contributed by atoms with van der Waals surface area (Å²) < 4.78 is 27.6. The first-order valence-electron chi connectivity index (χ1n) is 11.9. The van der Waals surface area contributed by atoms with E-state index in [0.717, 1.165) is 5.57 Å². The van der Waals surface area contributed by atoms with E-state index in [2.05, 4.69) is 6.58 Å². The molecule has 198 valence electrons. The van der Waals surface area contributed by atoms with Crippen LogP contribution in [0.25, 0.3) is 0 Å². The summed E-state index contributed by atoms with van der Waals surface area (Å²) in [6.45, 7) is 11.8. The van der Waals surface area contributed by atoms with Gasteiger partial charge in [-0.1, -0.05) is 18.2 Å². The first kappa shape index (κ1) is 27.6. The van der Waals surface area contributed by atoms with Gasteiger partial charge in [0.15, 0.2) is 17.8 Å². The van der Waals surface area contributed by atoms with Crippen LogP contribution in [0.15, 0.2) is 35.5 Å². The Morgan fingerprint density at radius 3 is 2.44 bits per heavy atom. The van der Waals surface area contributed by atoms with Crippen molar-refractivity contribution in [2.24, 2.45) is 11.8 Å². The highest BCUT2D eigenvalue weighted by molar-refractivity contribution is 5.93. The van der Waals surface area contributed by atoms with Crippen molar-refractivity contribution in [2.75, 3.05) is 7.11 Å². The van der Waals surface area contributed by atoms with Gasteiger partial charge in [0.25, 0.3) is 0 Å². The number of hydrogen-bond donors (Lipinski definition) is 1. The molecule has 1 aliphatic carbocycles. The lowest BCUT2D eigenvalue weighted by atomic mass is 9.83. The fourth-order valence-electron chi connectivity index (χ4n) is 4.23. The topological polar surface area (TPSA) is 138 Å². The number of rotatable bonds is 6. The standard InChI is InChI=1S/C26H34O10/c1-12-9-8-10-17(24(30)32-7)20(34-22(28)13(2)15(4)27)21(35-25(31)26(6)16(5)36-26)19-14(3)23(29)33-18(19)11-12/h10-11,13,15-16,18-21,27H,3,8-9H2,1-2,4-7H3/b12-11-,17-10+/t13-,15+,16-,18-,19+,20+,21+,26+/m1/s1. The Balaban J connectivity index is 2.16. The molecule has 0 saturated carbocycles. The van der Waals surface area contributed by atoms with E-state index in [1.165, 1.54) is 21.0 Å². The van der Waals surface area contributed by atoms with Crippen LogP contribution in [0.2, 0.25) is 0 Å². The lowest BCUT2D eigenvalue weighted by molar-refractivity contribution is -0.178. The molecule has 0 radical (unpaired) electrons. The van der Waals surface area contributed by atoms with Crippen LogP contribution < -0.4 is 0 Å². The largest absolute Gasteiger partial charge is 0.466 e. The number of methoxy groups -OCH3 is 1. The van der Waals surface area contributed by atoms with Gasteiger partial charge in [-0.2, -0.15) is 0 Å². The van der Waals surface area contributed by atoms with Crippen molar-refractivity contribution < 1.29 is 48.0 Å². The predicted molar refractivity (Wildman–Crippen MR) is 125 cm³/mol. The van der Waals surface area contributed by atoms with Crippen molar-refractivity contribution in [3.63, 3.8) is 0 Å². The van der Waals surface area contributed by atoms with E-state index in [0.29, 0.717) is 12.8 Å². The van der Waals surface area contributed by atoms with Gasteiger partial charge in [-0.3, -0.25) is 4.79 Å². The molecule has 0 aromatic rings. The second-order valence-electron chi connectivity index (χ2n) is 9.75. The van der Waals surface area contributed by atoms with Gasteiger partial charge >= 0.3 is 23.9 Å². The zero-order chi connectivity index (χ0) is 26.9. The van der Waals surface area contributed by atoms with E-state index in [-0.39, 0.29) is 11.1 Å². The van der Waals surface area contributed by atoms with Gasteiger partial charge < -0.3 is 28.8 Å². The summed E-state index contributed by atoms with van der Waals surface area (Å²) >= 11 is 0. The first-order valence-corrected chi connectivity index (χ1v) is 11.9. The van der Waals surface area contributed by atoms with Crippen LogP contribution in [0.1, 0.15) is 47.5 Å². The average molecular weight is 507 g/mol. The quantitative estimate of drug-likeness (QED) is 0.187. The summed E-state index contributed by atoms with van der Waals surface area (Å²) in [5.41, 5.74) is -0.414. The SMILES string of the molecule is C=C1C(=O)O[C@@H]2/C=C(/C)CC/C=C(/C(=O)OC)[C@H](OC(=O)[C@H](C)[C@H](C)O)[C@@H](OC(=O)[C@@]3(C)O[C@@H]3C)[C@@H]12. The third kappa shape index (κ3) is 5.39. The van der Waals surface area contributed by atoms with Crippen molar-refractivity contribution in [2.45, 2.75) is 83.6 Å². The predicted octanol–water partition coefficient (Wildman–Crippen LogP) is 1.94. The van der Waals surface area contributed by atoms with Crippen LogP contribution >= 0.6 is 0 Å². The highest BCUT2D eigenvalue weighted by Gasteiger charge is 2.60. The summed E-state index contributed by atoms with van der Waals surface area (Å²) in [4.78, 5) is 51.6. The van der Waals surface area contributed by atoms with Gasteiger partial charge in [0.1, 0.15) is 6.10 Å². The van der Waals surface area contributed by atoms with E-state index in [9.17, 15) is 24.3 Å². The smallest absolute Gasteiger partial charge is 0.341 e. The van der Waals surface area contributed by atoms with Gasteiger partial charge in [-0.05, 0) is 53.5 Å². The minimum atomic E-state index is -1.47. The summed E-state index contributed by atoms with van der Waals surface area (Å²) in [5, 5.41) is 9.94. The molecule has 1 N–H and O–H groups in total. The molecule has 0 aromatic heterocycles. The number of aliphatic hydroxyl groups excluding tert-OH is 1. The molecular formula is C26H34O10. The number of allylic oxidation sites excluding steroid dienone is 2. The number of epoxide rings is 1. The summed E-state index contributed by atoms with van der Waals surface area (Å²) in [5.74, 6) is -5.00. The van der Waals surface area contributed by atoms with Crippen molar-refractivity contribution in [3.05, 3.63) is 35.5 Å². The number of esters is 4. The lowest BCUT2D eigenvalue weighted by Crippen LogP contribution is -2.48. The van der Waals surface area contributed by atoms with Gasteiger partial charge in [0.05, 0.1) is 36.7 Å². The molecule has 8 atom stereocenters. The van der Waals surface area contributed by atoms with Crippen molar-refractivity contribution >= 4 is 23.9 Å². The molecule has 3 rings (SSSR count). The number of hydrogen-bond acceptors (Lipinski definition) is 10. The molecular weight excluding hydrogens is 472 g/mol. The summed E-state index contributed by atoms with van der Waals surface area (Å²) in [6.07, 6.45) is -0.996. The molecule has 2 fully saturated rings. The molecule has 36 heavy (non-hydrogen) atoms. The van der Waals surface area contributed by atoms with Crippen LogP contribution in [-0.2, 0) is 42.9 Å². The van der Waals surface area contributed by atoms with E-state index < -0.39 is 71.8 Å². The molecule has 2 saturated heterocycles. The zero-order valence-corrected chi connectivity index (χ0v) is 21.4. The van der Waals surface area contributed by atoms with Crippen LogP contribution in [0.3, 0.4) is 0 Å². The molecule has 10 heteroatoms. The number of ether oxygens (including phenoxy) is 5. The van der Waals surface area contributed by atoms with E-state index in [1.54, 1.807) is 26.0 Å². The maximum Gasteiger partial charge on any atom is 0.341 e. The Kier molecular flexibility index (Phi) is 8.10. The molecule has 0 bridgehead atoms. The Morgan fingerprint density at radius 1 is 1.25 bits per heavy atom. The fraction of sp³-hybridized carbons (Fsp3) is 0.615. The fourth-order valence-corrected chi connectivity index (χ4v) is 4.23. The highest BCUT2D eigenvalue weighted by Crippen LogP contribution is 2.41. The number of fused-ring (bicyclic) bond motifs is 1. The van der Waals surface area contributed by atoms with Crippen LogP contribution in [0, 0.1) is 11.8 Å². The normalized spacial score (nSPS) is 36.6. The third-order valence-corrected chi connectivity index (χ3v) is 7.12. The van der Waals surface area contributed by atoms with Crippen LogP contribution in [-0.4, -0.2) is 72.2 Å². The van der Waals surface area contributed by atoms with Crippen molar-refractivity contribution in [3.8, 4) is 0 Å². The molecule has 0 amide bonds. The van der Waals surface area contributed by atoms with Gasteiger partial charge in [0.2, 0.25) is 0 Å². The maximum atomic E-state index is 13.2. The number of carbonyl (C=O) groups is 4. The van der Waals surface area contributed by atoms with E-state index in [1.807, 2.05) is 6.92 Å². The van der Waals surface area contributed by atoms with Gasteiger partial charge in [0, 0.05) is 5.57 Å². The van der Waals surface area contributed by atoms with Gasteiger partial charge in [-0.25, -0.2) is 14.4 Å². The molecule has 0 unspecified atom stereocenters. The molecule has 3 aliphatic rings. The van der Waals surface area contributed by atoms with Crippen LogP contribution in [0.5, 0.6) is 0 Å². The Bertz CT molecular complexity index is 1010. The van der Waals surface area contributed by atoms with E-state index >= 15 is 0 Å². The zero-order valence-electron chi connectivity index (χ0n) is 21.4. The summed E-state index contributed by atoms with van der Waals surface area (Å²) in [6, 6.07) is 0. The minimum absolute atomic E-state index is 0.00572. The van der Waals surface area contributed by atoms with Gasteiger partial charge in [-0.15, -0.1) is 0 Å². The monoisotopic (exact) mass is 506 g/mol. The summed E-state index contributed by atoms with van der Waals surface area (Å²) in [7, 11) is 1.18. The second-order valence-corrected chi connectivity index (χ2v) is 9.75. The third-order valence-electron chi connectivity index (χ3n) is 7.12. The molecule has 10 nitrogen and oxygen atoms in total. The molecule has 2 heterocycles. The average Bonchev–Trinajstić information content (AvgIpc) is 3.35. The van der Waals surface area contributed by atoms with Crippen molar-refractivity contribution in [1.82, 2.24) is 0 Å². The first-order chi connectivity index (χ1) is 16.8. The number of aliphatic hydroxyl groups is 1. The lowest BCUT2D eigenvalue weighted by Gasteiger charge is -2.34. The second kappa shape index (κ2) is 10.6. The molecule has 2 aliphatic heterocycles. The maximum absolute atomic E-state index is 13.2. The molecule has 0 spiro atoms. The Hall–Kier alpha value is -2.98.